The molecule has 2 nitrogen and oxygen atoms in total. The molecule has 0 fully saturated rings. The number of hydrogen-bond acceptors (Lipinski definition) is 3. The SMILES string of the molecule is CCNC(Cc1nc(C)cs1)c1ccc(Cl)c(Cl)c1. The van der Waals surface area contributed by atoms with Crippen molar-refractivity contribution in [2.75, 3.05) is 6.54 Å². The van der Waals surface area contributed by atoms with Gasteiger partial charge in [0.15, 0.2) is 0 Å². The van der Waals surface area contributed by atoms with E-state index in [2.05, 4.69) is 22.6 Å². The fraction of sp³-hybridized carbons (Fsp3) is 0.357. The molecule has 0 saturated carbocycles. The van der Waals surface area contributed by atoms with Gasteiger partial charge in [-0.2, -0.15) is 0 Å². The van der Waals surface area contributed by atoms with Crippen LogP contribution in [0, 0.1) is 6.92 Å². The van der Waals surface area contributed by atoms with Gasteiger partial charge in [-0.3, -0.25) is 0 Å². The number of nitrogens with one attached hydrogen (secondary N) is 1. The summed E-state index contributed by atoms with van der Waals surface area (Å²) >= 11 is 13.8. The Bertz CT molecular complexity index is 554. The number of rotatable bonds is 5. The first-order valence-corrected chi connectivity index (χ1v) is 7.83. The first kappa shape index (κ1) is 14.8. The maximum absolute atomic E-state index is 6.09. The fourth-order valence-electron chi connectivity index (χ4n) is 1.95. The van der Waals surface area contributed by atoms with E-state index in [-0.39, 0.29) is 6.04 Å². The molecule has 0 aliphatic rings. The predicted molar refractivity (Wildman–Crippen MR) is 83.4 cm³/mol. The molecule has 1 N–H and O–H groups in total. The van der Waals surface area contributed by atoms with Gasteiger partial charge in [-0.05, 0) is 31.2 Å². The third kappa shape index (κ3) is 3.93. The van der Waals surface area contributed by atoms with Crippen molar-refractivity contribution in [1.29, 1.82) is 0 Å². The average Bonchev–Trinajstić information content (AvgIpc) is 2.78. The van der Waals surface area contributed by atoms with Gasteiger partial charge in [0.2, 0.25) is 0 Å². The monoisotopic (exact) mass is 314 g/mol. The van der Waals surface area contributed by atoms with E-state index in [9.17, 15) is 0 Å². The molecule has 0 spiro atoms. The molecule has 5 heteroatoms. The molecule has 0 bridgehead atoms. The summed E-state index contributed by atoms with van der Waals surface area (Å²) < 4.78 is 0. The molecule has 0 aliphatic carbocycles. The van der Waals surface area contributed by atoms with Gasteiger partial charge >= 0.3 is 0 Å². The Morgan fingerprint density at radius 1 is 1.32 bits per heavy atom. The summed E-state index contributed by atoms with van der Waals surface area (Å²) in [7, 11) is 0. The second-order valence-corrected chi connectivity index (χ2v) is 6.13. The van der Waals surface area contributed by atoms with Crippen LogP contribution in [0.15, 0.2) is 23.6 Å². The van der Waals surface area contributed by atoms with Crippen molar-refractivity contribution < 1.29 is 0 Å². The number of aromatic nitrogens is 1. The molecule has 0 aliphatic heterocycles. The molecule has 1 heterocycles. The summed E-state index contributed by atoms with van der Waals surface area (Å²) in [5.41, 5.74) is 2.22. The normalized spacial score (nSPS) is 12.6. The Balaban J connectivity index is 2.21. The minimum absolute atomic E-state index is 0.213. The molecular weight excluding hydrogens is 299 g/mol. The van der Waals surface area contributed by atoms with Gasteiger partial charge in [0.05, 0.1) is 15.1 Å². The van der Waals surface area contributed by atoms with Crippen LogP contribution in [-0.4, -0.2) is 11.5 Å². The topological polar surface area (TPSA) is 24.9 Å². The van der Waals surface area contributed by atoms with E-state index in [1.165, 1.54) is 0 Å². The van der Waals surface area contributed by atoms with E-state index in [4.69, 9.17) is 23.2 Å². The maximum Gasteiger partial charge on any atom is 0.0947 e. The van der Waals surface area contributed by atoms with Gasteiger partial charge in [-0.25, -0.2) is 4.98 Å². The molecule has 1 aromatic heterocycles. The highest BCUT2D eigenvalue weighted by atomic mass is 35.5. The van der Waals surface area contributed by atoms with Crippen molar-refractivity contribution in [2.45, 2.75) is 26.3 Å². The highest BCUT2D eigenvalue weighted by molar-refractivity contribution is 7.09. The molecule has 1 aromatic carbocycles. The number of nitrogens with zero attached hydrogens (tertiary/aromatic N) is 1. The maximum atomic E-state index is 6.09. The van der Waals surface area contributed by atoms with E-state index < -0.39 is 0 Å². The number of aryl methyl sites for hydroxylation is 1. The number of likely N-dealkylation sites (N-methyl/N-ethyl adjacent to an activating group) is 1. The first-order chi connectivity index (χ1) is 9.10. The summed E-state index contributed by atoms with van der Waals surface area (Å²) in [6.07, 6.45) is 0.865. The quantitative estimate of drug-likeness (QED) is 0.868. The average molecular weight is 315 g/mol. The summed E-state index contributed by atoms with van der Waals surface area (Å²) in [4.78, 5) is 4.52. The Kier molecular flexibility index (Phi) is 5.22. The van der Waals surface area contributed by atoms with Crippen molar-refractivity contribution in [1.82, 2.24) is 10.3 Å². The van der Waals surface area contributed by atoms with Crippen LogP contribution in [0.2, 0.25) is 10.0 Å². The van der Waals surface area contributed by atoms with Gasteiger partial charge in [-0.1, -0.05) is 36.2 Å². The van der Waals surface area contributed by atoms with Crippen LogP contribution in [0.3, 0.4) is 0 Å². The van der Waals surface area contributed by atoms with E-state index in [0.717, 1.165) is 29.2 Å². The predicted octanol–water partition coefficient (Wildman–Crippen LogP) is 4.65. The van der Waals surface area contributed by atoms with Crippen LogP contribution in [0.5, 0.6) is 0 Å². The fourth-order valence-corrected chi connectivity index (χ4v) is 3.08. The lowest BCUT2D eigenvalue weighted by Gasteiger charge is -2.17. The van der Waals surface area contributed by atoms with E-state index in [0.29, 0.717) is 10.0 Å². The smallest absolute Gasteiger partial charge is 0.0947 e. The van der Waals surface area contributed by atoms with Crippen molar-refractivity contribution >= 4 is 34.5 Å². The zero-order valence-electron chi connectivity index (χ0n) is 10.9. The van der Waals surface area contributed by atoms with Gasteiger partial charge in [0, 0.05) is 23.5 Å². The summed E-state index contributed by atoms with van der Waals surface area (Å²) in [6.45, 7) is 5.01. The molecule has 1 unspecified atom stereocenters. The van der Waals surface area contributed by atoms with Crippen molar-refractivity contribution in [3.8, 4) is 0 Å². The number of benzene rings is 1. The lowest BCUT2D eigenvalue weighted by molar-refractivity contribution is 0.548. The molecule has 102 valence electrons. The largest absolute Gasteiger partial charge is 0.310 e. The van der Waals surface area contributed by atoms with Crippen LogP contribution in [0.25, 0.3) is 0 Å². The lowest BCUT2D eigenvalue weighted by Crippen LogP contribution is -2.22. The molecule has 0 radical (unpaired) electrons. The van der Waals surface area contributed by atoms with Gasteiger partial charge in [0.1, 0.15) is 0 Å². The van der Waals surface area contributed by atoms with Gasteiger partial charge < -0.3 is 5.32 Å². The Morgan fingerprint density at radius 3 is 2.68 bits per heavy atom. The van der Waals surface area contributed by atoms with Crippen molar-refractivity contribution in [3.05, 3.63) is 49.9 Å². The zero-order valence-corrected chi connectivity index (χ0v) is 13.2. The Labute approximate surface area is 127 Å². The van der Waals surface area contributed by atoms with Crippen LogP contribution in [-0.2, 0) is 6.42 Å². The second kappa shape index (κ2) is 6.71. The summed E-state index contributed by atoms with van der Waals surface area (Å²) in [5, 5.41) is 7.86. The highest BCUT2D eigenvalue weighted by Gasteiger charge is 2.14. The lowest BCUT2D eigenvalue weighted by atomic mass is 10.0. The van der Waals surface area contributed by atoms with Crippen molar-refractivity contribution in [2.24, 2.45) is 0 Å². The first-order valence-electron chi connectivity index (χ1n) is 6.19. The third-order valence-corrected chi connectivity index (χ3v) is 4.57. The van der Waals surface area contributed by atoms with Crippen LogP contribution >= 0.6 is 34.5 Å². The molecule has 2 aromatic rings. The van der Waals surface area contributed by atoms with E-state index >= 15 is 0 Å². The number of hydrogen-bond donors (Lipinski definition) is 1. The van der Waals surface area contributed by atoms with E-state index in [1.807, 2.05) is 25.1 Å². The molecule has 2 rings (SSSR count). The molecular formula is C14H16Cl2N2S. The molecule has 0 saturated heterocycles. The summed E-state index contributed by atoms with van der Waals surface area (Å²) in [6, 6.07) is 6.00. The van der Waals surface area contributed by atoms with Crippen LogP contribution in [0.4, 0.5) is 0 Å². The highest BCUT2D eigenvalue weighted by Crippen LogP contribution is 2.27. The minimum Gasteiger partial charge on any atom is -0.310 e. The van der Waals surface area contributed by atoms with Gasteiger partial charge in [0.25, 0.3) is 0 Å². The van der Waals surface area contributed by atoms with Crippen LogP contribution in [0.1, 0.15) is 29.2 Å². The van der Waals surface area contributed by atoms with Crippen LogP contribution < -0.4 is 5.32 Å². The number of thiazole rings is 1. The second-order valence-electron chi connectivity index (χ2n) is 4.37. The zero-order chi connectivity index (χ0) is 13.8. The Hall–Kier alpha value is -0.610. The third-order valence-electron chi connectivity index (χ3n) is 2.84. The Morgan fingerprint density at radius 2 is 2.11 bits per heavy atom. The summed E-state index contributed by atoms with van der Waals surface area (Å²) in [5.74, 6) is 0. The minimum atomic E-state index is 0.213. The standard InChI is InChI=1S/C14H16Cl2N2S/c1-3-17-13(7-14-18-9(2)8-19-14)10-4-5-11(15)12(16)6-10/h4-6,8,13,17H,3,7H2,1-2H3. The molecule has 1 atom stereocenters. The van der Waals surface area contributed by atoms with Crippen molar-refractivity contribution in [3.63, 3.8) is 0 Å². The number of halogens is 2. The van der Waals surface area contributed by atoms with E-state index in [1.54, 1.807) is 11.3 Å². The van der Waals surface area contributed by atoms with Gasteiger partial charge in [-0.15, -0.1) is 11.3 Å². The molecule has 19 heavy (non-hydrogen) atoms. The molecule has 0 amide bonds.